The number of hydrogen-bond donors (Lipinski definition) is 2. The molecule has 0 aliphatic rings. The van der Waals surface area contributed by atoms with Gasteiger partial charge in [-0.05, 0) is 43.0 Å². The van der Waals surface area contributed by atoms with Crippen LogP contribution >= 0.6 is 34.7 Å². The number of thiophene rings is 1. The first-order valence-electron chi connectivity index (χ1n) is 6.89. The molecule has 0 spiro atoms. The molecule has 1 atom stereocenters. The standard InChI is InChI=1S/C15H19ClN2OS2/c1-3-20-7-6-9(2)18-15(19)14-13(17)11-5-4-10(16)8-12(11)21-14/h4-5,8-9H,3,6-7,17H2,1-2H3,(H,18,19). The van der Waals surface area contributed by atoms with Gasteiger partial charge < -0.3 is 11.1 Å². The zero-order valence-electron chi connectivity index (χ0n) is 12.1. The summed E-state index contributed by atoms with van der Waals surface area (Å²) in [6.07, 6.45) is 0.959. The highest BCUT2D eigenvalue weighted by molar-refractivity contribution is 7.99. The monoisotopic (exact) mass is 342 g/mol. The van der Waals surface area contributed by atoms with Crippen molar-refractivity contribution in [1.82, 2.24) is 5.32 Å². The van der Waals surface area contributed by atoms with Gasteiger partial charge in [0.25, 0.3) is 5.91 Å². The molecule has 2 aromatic rings. The van der Waals surface area contributed by atoms with Gasteiger partial charge >= 0.3 is 0 Å². The Kier molecular flexibility index (Phi) is 5.79. The molecular weight excluding hydrogens is 324 g/mol. The Labute approximate surface area is 138 Å². The topological polar surface area (TPSA) is 55.1 Å². The summed E-state index contributed by atoms with van der Waals surface area (Å²) in [6.45, 7) is 4.16. The van der Waals surface area contributed by atoms with Gasteiger partial charge in [0.1, 0.15) is 4.88 Å². The van der Waals surface area contributed by atoms with Crippen molar-refractivity contribution in [2.45, 2.75) is 26.3 Å². The molecule has 21 heavy (non-hydrogen) atoms. The molecule has 1 amide bonds. The Morgan fingerprint density at radius 3 is 3.00 bits per heavy atom. The summed E-state index contributed by atoms with van der Waals surface area (Å²) in [6, 6.07) is 5.64. The van der Waals surface area contributed by atoms with Crippen LogP contribution in [0.25, 0.3) is 10.1 Å². The maximum absolute atomic E-state index is 12.3. The molecular formula is C15H19ClN2OS2. The molecule has 1 heterocycles. The molecule has 0 bridgehead atoms. The van der Waals surface area contributed by atoms with Crippen molar-refractivity contribution in [1.29, 1.82) is 0 Å². The lowest BCUT2D eigenvalue weighted by Crippen LogP contribution is -2.32. The van der Waals surface area contributed by atoms with E-state index >= 15 is 0 Å². The van der Waals surface area contributed by atoms with Crippen molar-refractivity contribution in [2.24, 2.45) is 0 Å². The van der Waals surface area contributed by atoms with Crippen molar-refractivity contribution in [3.63, 3.8) is 0 Å². The lowest BCUT2D eigenvalue weighted by molar-refractivity contribution is 0.0944. The molecule has 0 fully saturated rings. The minimum atomic E-state index is -0.0983. The summed E-state index contributed by atoms with van der Waals surface area (Å²) in [5.74, 6) is 2.05. The minimum Gasteiger partial charge on any atom is -0.397 e. The third kappa shape index (κ3) is 4.05. The average Bonchev–Trinajstić information content (AvgIpc) is 2.75. The van der Waals surface area contributed by atoms with E-state index in [0.29, 0.717) is 15.6 Å². The Bertz CT molecular complexity index is 642. The van der Waals surface area contributed by atoms with Crippen molar-refractivity contribution in [3.05, 3.63) is 28.1 Å². The molecule has 3 nitrogen and oxygen atoms in total. The number of benzene rings is 1. The quantitative estimate of drug-likeness (QED) is 0.765. The Morgan fingerprint density at radius 1 is 1.52 bits per heavy atom. The van der Waals surface area contributed by atoms with E-state index < -0.39 is 0 Å². The lowest BCUT2D eigenvalue weighted by Gasteiger charge is -2.12. The van der Waals surface area contributed by atoms with Crippen molar-refractivity contribution in [2.75, 3.05) is 17.2 Å². The van der Waals surface area contributed by atoms with Crippen LogP contribution in [0.5, 0.6) is 0 Å². The third-order valence-corrected chi connectivity index (χ3v) is 5.51. The molecule has 114 valence electrons. The number of anilines is 1. The van der Waals surface area contributed by atoms with Crippen LogP contribution in [-0.4, -0.2) is 23.5 Å². The zero-order chi connectivity index (χ0) is 15.4. The minimum absolute atomic E-state index is 0.0983. The summed E-state index contributed by atoms with van der Waals surface area (Å²) in [5, 5.41) is 4.56. The number of nitrogens with two attached hydrogens (primary N) is 1. The van der Waals surface area contributed by atoms with E-state index in [9.17, 15) is 4.79 Å². The van der Waals surface area contributed by atoms with Gasteiger partial charge in [0, 0.05) is 21.2 Å². The second-order valence-electron chi connectivity index (χ2n) is 4.85. The van der Waals surface area contributed by atoms with E-state index in [1.165, 1.54) is 11.3 Å². The summed E-state index contributed by atoms with van der Waals surface area (Å²) in [4.78, 5) is 12.9. The van der Waals surface area contributed by atoms with Crippen molar-refractivity contribution >= 4 is 56.4 Å². The number of hydrogen-bond acceptors (Lipinski definition) is 4. The van der Waals surface area contributed by atoms with E-state index in [1.807, 2.05) is 30.8 Å². The highest BCUT2D eigenvalue weighted by Crippen LogP contribution is 2.35. The van der Waals surface area contributed by atoms with E-state index in [0.717, 1.165) is 28.0 Å². The maximum atomic E-state index is 12.3. The Morgan fingerprint density at radius 2 is 2.29 bits per heavy atom. The number of rotatable bonds is 6. The molecule has 1 aromatic heterocycles. The van der Waals surface area contributed by atoms with Crippen LogP contribution in [0, 0.1) is 0 Å². The van der Waals surface area contributed by atoms with Crippen molar-refractivity contribution in [3.8, 4) is 0 Å². The van der Waals surface area contributed by atoms with Crippen LogP contribution in [0.15, 0.2) is 18.2 Å². The first-order valence-corrected chi connectivity index (χ1v) is 9.24. The number of carbonyl (C=O) groups excluding carboxylic acids is 1. The van der Waals surface area contributed by atoms with Gasteiger partial charge in [-0.1, -0.05) is 18.5 Å². The van der Waals surface area contributed by atoms with E-state index in [4.69, 9.17) is 17.3 Å². The SMILES string of the molecule is CCSCCC(C)NC(=O)c1sc2cc(Cl)ccc2c1N. The molecule has 0 radical (unpaired) electrons. The molecule has 0 aliphatic carbocycles. The fourth-order valence-electron chi connectivity index (χ4n) is 2.02. The number of nitrogens with one attached hydrogen (secondary N) is 1. The fraction of sp³-hybridized carbons (Fsp3) is 0.400. The van der Waals surface area contributed by atoms with Gasteiger partial charge in [0.05, 0.1) is 5.69 Å². The molecule has 3 N–H and O–H groups in total. The van der Waals surface area contributed by atoms with Crippen LogP contribution < -0.4 is 11.1 Å². The number of thioether (sulfide) groups is 1. The summed E-state index contributed by atoms with van der Waals surface area (Å²) < 4.78 is 0.944. The van der Waals surface area contributed by atoms with Gasteiger partial charge in [-0.2, -0.15) is 11.8 Å². The summed E-state index contributed by atoms with van der Waals surface area (Å²) in [5.41, 5.74) is 6.63. The first kappa shape index (κ1) is 16.5. The van der Waals surface area contributed by atoms with Gasteiger partial charge in [-0.25, -0.2) is 0 Å². The summed E-state index contributed by atoms with van der Waals surface area (Å²) >= 11 is 9.25. The number of halogens is 1. The second kappa shape index (κ2) is 7.38. The van der Waals surface area contributed by atoms with Gasteiger partial charge in [0.2, 0.25) is 0 Å². The molecule has 6 heteroatoms. The first-order chi connectivity index (χ1) is 10.0. The average molecular weight is 343 g/mol. The molecule has 0 saturated carbocycles. The van der Waals surface area contributed by atoms with Crippen LogP contribution in [0.2, 0.25) is 5.02 Å². The largest absolute Gasteiger partial charge is 0.397 e. The number of carbonyl (C=O) groups is 1. The molecule has 1 aromatic carbocycles. The third-order valence-electron chi connectivity index (χ3n) is 3.17. The summed E-state index contributed by atoms with van der Waals surface area (Å²) in [7, 11) is 0. The normalized spacial score (nSPS) is 12.5. The highest BCUT2D eigenvalue weighted by Gasteiger charge is 2.18. The predicted molar refractivity (Wildman–Crippen MR) is 95.8 cm³/mol. The van der Waals surface area contributed by atoms with Crippen LogP contribution in [-0.2, 0) is 0 Å². The van der Waals surface area contributed by atoms with Crippen molar-refractivity contribution < 1.29 is 4.79 Å². The van der Waals surface area contributed by atoms with E-state index in [1.54, 1.807) is 6.07 Å². The Balaban J connectivity index is 2.10. The predicted octanol–water partition coefficient (Wildman–Crippen LogP) is 4.40. The number of amides is 1. The molecule has 2 rings (SSSR count). The van der Waals surface area contributed by atoms with Crippen LogP contribution in [0.1, 0.15) is 29.9 Å². The lowest BCUT2D eigenvalue weighted by atomic mass is 10.2. The molecule has 0 aliphatic heterocycles. The fourth-order valence-corrected chi connectivity index (χ4v) is 4.14. The highest BCUT2D eigenvalue weighted by atomic mass is 35.5. The number of fused-ring (bicyclic) bond motifs is 1. The second-order valence-corrected chi connectivity index (χ2v) is 7.73. The van der Waals surface area contributed by atoms with E-state index in [2.05, 4.69) is 12.2 Å². The molecule has 1 unspecified atom stereocenters. The van der Waals surface area contributed by atoms with E-state index in [-0.39, 0.29) is 11.9 Å². The smallest absolute Gasteiger partial charge is 0.263 e. The van der Waals surface area contributed by atoms with Gasteiger partial charge in [-0.3, -0.25) is 4.79 Å². The van der Waals surface area contributed by atoms with Gasteiger partial charge in [-0.15, -0.1) is 11.3 Å². The zero-order valence-corrected chi connectivity index (χ0v) is 14.5. The van der Waals surface area contributed by atoms with Crippen LogP contribution in [0.3, 0.4) is 0 Å². The van der Waals surface area contributed by atoms with Gasteiger partial charge in [0.15, 0.2) is 0 Å². The number of nitrogen functional groups attached to an aromatic ring is 1. The van der Waals surface area contributed by atoms with Crippen LogP contribution in [0.4, 0.5) is 5.69 Å². The molecule has 0 saturated heterocycles. The maximum Gasteiger partial charge on any atom is 0.263 e. The Hall–Kier alpha value is -0.910.